The number of hydrogen-bond acceptors (Lipinski definition) is 9. The van der Waals surface area contributed by atoms with E-state index >= 15 is 0 Å². The average molecular weight is 682 g/mol. The SMILES string of the molecule is CCCCCCC/C=C\CCCC(=O)N[C@@H]1C(=O)N[C@H](CO)C(=O)N[C@@H](CO)C(=O)N[C@H](C(C)C)C(=O)N[C@@H]([C@@H](C)CC)C(=O)O[C@@H]1C. The third-order valence-electron chi connectivity index (χ3n) is 8.43. The zero-order valence-corrected chi connectivity index (χ0v) is 29.5. The normalized spacial score (nSPS) is 25.6. The van der Waals surface area contributed by atoms with Crippen molar-refractivity contribution in [3.63, 3.8) is 0 Å². The monoisotopic (exact) mass is 681 g/mol. The fourth-order valence-electron chi connectivity index (χ4n) is 5.07. The minimum atomic E-state index is -1.58. The van der Waals surface area contributed by atoms with Gasteiger partial charge in [-0.25, -0.2) is 4.79 Å². The van der Waals surface area contributed by atoms with Gasteiger partial charge in [0.05, 0.1) is 13.2 Å². The molecule has 7 N–H and O–H groups in total. The third-order valence-corrected chi connectivity index (χ3v) is 8.43. The van der Waals surface area contributed by atoms with Gasteiger partial charge in [-0.05, 0) is 44.4 Å². The summed E-state index contributed by atoms with van der Waals surface area (Å²) in [6.07, 6.45) is 11.5. The first-order valence-corrected chi connectivity index (χ1v) is 17.4. The molecule has 1 aliphatic rings. The molecule has 274 valence electrons. The van der Waals surface area contributed by atoms with Crippen LogP contribution < -0.4 is 26.6 Å². The number of esters is 1. The van der Waals surface area contributed by atoms with Crippen molar-refractivity contribution in [2.24, 2.45) is 11.8 Å². The van der Waals surface area contributed by atoms with Gasteiger partial charge < -0.3 is 41.5 Å². The predicted molar refractivity (Wildman–Crippen MR) is 180 cm³/mol. The van der Waals surface area contributed by atoms with E-state index in [-0.39, 0.29) is 6.42 Å². The quantitative estimate of drug-likeness (QED) is 0.0706. The standard InChI is InChI=1S/C34H59N5O9/c1-7-9-10-11-12-13-14-15-16-17-18-26(42)37-29-23(6)48-34(47)28(22(5)8-2)39-32(45)27(21(3)4)38-31(44)25(20-41)35-30(43)24(19-40)36-33(29)46/h14-15,21-25,27-29,40-41H,7-13,16-20H2,1-6H3,(H,35,43)(H,36,46)(H,37,42)(H,38,44)(H,39,45)/b15-14-/t22-,23+,24+,25-,27+,28-,29-/m0/s1. The Labute approximate surface area is 285 Å². The van der Waals surface area contributed by atoms with Gasteiger partial charge in [0, 0.05) is 6.42 Å². The van der Waals surface area contributed by atoms with Crippen molar-refractivity contribution >= 4 is 35.5 Å². The largest absolute Gasteiger partial charge is 0.458 e. The number of unbranched alkanes of at least 4 members (excludes halogenated alkanes) is 6. The van der Waals surface area contributed by atoms with Gasteiger partial charge >= 0.3 is 5.97 Å². The highest BCUT2D eigenvalue weighted by Gasteiger charge is 2.38. The molecule has 1 fully saturated rings. The molecule has 14 heteroatoms. The molecule has 0 spiro atoms. The number of aliphatic hydroxyl groups is 2. The minimum Gasteiger partial charge on any atom is -0.458 e. The van der Waals surface area contributed by atoms with Crippen LogP contribution in [0.4, 0.5) is 0 Å². The molecule has 0 bridgehead atoms. The lowest BCUT2D eigenvalue weighted by molar-refractivity contribution is -0.157. The highest BCUT2D eigenvalue weighted by molar-refractivity contribution is 5.96. The third kappa shape index (κ3) is 14.7. The zero-order valence-electron chi connectivity index (χ0n) is 29.5. The number of cyclic esters (lactones) is 1. The Balaban J connectivity index is 3.24. The summed E-state index contributed by atoms with van der Waals surface area (Å²) in [4.78, 5) is 79.2. The fraction of sp³-hybridized carbons (Fsp3) is 0.765. The van der Waals surface area contributed by atoms with Crippen LogP contribution in [0.5, 0.6) is 0 Å². The highest BCUT2D eigenvalue weighted by atomic mass is 16.5. The van der Waals surface area contributed by atoms with Gasteiger partial charge in [-0.3, -0.25) is 24.0 Å². The number of allylic oxidation sites excluding steroid dienone is 2. The van der Waals surface area contributed by atoms with Crippen LogP contribution in [-0.4, -0.2) is 95.2 Å². The Morgan fingerprint density at radius 1 is 0.771 bits per heavy atom. The van der Waals surface area contributed by atoms with E-state index in [0.29, 0.717) is 19.3 Å². The minimum absolute atomic E-state index is 0.0740. The van der Waals surface area contributed by atoms with E-state index in [1.54, 1.807) is 20.8 Å². The van der Waals surface area contributed by atoms with E-state index < -0.39 is 96.9 Å². The van der Waals surface area contributed by atoms with Gasteiger partial charge in [-0.2, -0.15) is 0 Å². The molecule has 14 nitrogen and oxygen atoms in total. The number of carbonyl (C=O) groups is 6. The molecule has 1 rings (SSSR count). The van der Waals surface area contributed by atoms with Gasteiger partial charge in [-0.15, -0.1) is 0 Å². The molecule has 0 aromatic heterocycles. The van der Waals surface area contributed by atoms with Crippen molar-refractivity contribution in [2.75, 3.05) is 13.2 Å². The lowest BCUT2D eigenvalue weighted by atomic mass is 9.97. The van der Waals surface area contributed by atoms with Crippen LogP contribution in [0, 0.1) is 11.8 Å². The van der Waals surface area contributed by atoms with Gasteiger partial charge in [-0.1, -0.05) is 78.9 Å². The van der Waals surface area contributed by atoms with Gasteiger partial charge in [0.2, 0.25) is 29.5 Å². The number of nitrogens with one attached hydrogen (secondary N) is 5. The Bertz CT molecular complexity index is 1080. The van der Waals surface area contributed by atoms with E-state index in [1.165, 1.54) is 32.6 Å². The van der Waals surface area contributed by atoms with Gasteiger partial charge in [0.25, 0.3) is 0 Å². The summed E-state index contributed by atoms with van der Waals surface area (Å²) in [6, 6.07) is -6.88. The molecule has 5 amide bonds. The molecule has 48 heavy (non-hydrogen) atoms. The topological polar surface area (TPSA) is 212 Å². The van der Waals surface area contributed by atoms with Crippen molar-refractivity contribution < 1.29 is 43.7 Å². The Hall–Kier alpha value is -3.52. The number of carbonyl (C=O) groups excluding carboxylic acids is 6. The van der Waals surface area contributed by atoms with E-state index in [9.17, 15) is 39.0 Å². The molecule has 0 aliphatic carbocycles. The van der Waals surface area contributed by atoms with Crippen LogP contribution in [-0.2, 0) is 33.5 Å². The second-order valence-corrected chi connectivity index (χ2v) is 12.8. The van der Waals surface area contributed by atoms with Crippen LogP contribution in [0.1, 0.15) is 106 Å². The molecule has 0 radical (unpaired) electrons. The number of rotatable bonds is 16. The second-order valence-electron chi connectivity index (χ2n) is 12.8. The van der Waals surface area contributed by atoms with Crippen LogP contribution in [0.3, 0.4) is 0 Å². The fourth-order valence-corrected chi connectivity index (χ4v) is 5.07. The Morgan fingerprint density at radius 3 is 1.88 bits per heavy atom. The zero-order chi connectivity index (χ0) is 36.2. The number of amides is 5. The second kappa shape index (κ2) is 22.9. The smallest absolute Gasteiger partial charge is 0.329 e. The summed E-state index contributed by atoms with van der Waals surface area (Å²) in [7, 11) is 0. The molecular formula is C34H59N5O9. The summed E-state index contributed by atoms with van der Waals surface area (Å²) in [5, 5.41) is 32.2. The van der Waals surface area contributed by atoms with E-state index in [0.717, 1.165) is 12.8 Å². The maximum atomic E-state index is 13.5. The van der Waals surface area contributed by atoms with E-state index in [2.05, 4.69) is 39.6 Å². The maximum absolute atomic E-state index is 13.5. The molecule has 7 atom stereocenters. The molecule has 0 aromatic rings. The molecule has 0 saturated carbocycles. The first-order chi connectivity index (χ1) is 22.8. The Morgan fingerprint density at radius 2 is 1.31 bits per heavy atom. The molecule has 1 heterocycles. The van der Waals surface area contributed by atoms with Crippen molar-refractivity contribution in [2.45, 2.75) is 142 Å². The van der Waals surface area contributed by atoms with Crippen molar-refractivity contribution in [1.29, 1.82) is 0 Å². The Kier molecular flexibility index (Phi) is 20.3. The molecule has 0 unspecified atom stereocenters. The summed E-state index contributed by atoms with van der Waals surface area (Å²) in [5.74, 6) is -5.72. The summed E-state index contributed by atoms with van der Waals surface area (Å²) < 4.78 is 5.65. The molecule has 1 saturated heterocycles. The van der Waals surface area contributed by atoms with Crippen molar-refractivity contribution in [1.82, 2.24) is 26.6 Å². The lowest BCUT2D eigenvalue weighted by Gasteiger charge is -2.31. The first-order valence-electron chi connectivity index (χ1n) is 17.4. The predicted octanol–water partition coefficient (Wildman–Crippen LogP) is 1.13. The summed E-state index contributed by atoms with van der Waals surface area (Å²) in [5.41, 5.74) is 0. The number of hydrogen-bond donors (Lipinski definition) is 7. The van der Waals surface area contributed by atoms with E-state index in [4.69, 9.17) is 4.74 Å². The summed E-state index contributed by atoms with van der Waals surface area (Å²) in [6.45, 7) is 8.73. The number of aliphatic hydroxyl groups excluding tert-OH is 2. The molecule has 0 aromatic carbocycles. The molecular weight excluding hydrogens is 622 g/mol. The molecule has 1 aliphatic heterocycles. The van der Waals surface area contributed by atoms with Crippen LogP contribution in [0.25, 0.3) is 0 Å². The van der Waals surface area contributed by atoms with Crippen LogP contribution in [0.15, 0.2) is 12.2 Å². The van der Waals surface area contributed by atoms with Gasteiger partial charge in [0.15, 0.2) is 0 Å². The van der Waals surface area contributed by atoms with Crippen LogP contribution in [0.2, 0.25) is 0 Å². The van der Waals surface area contributed by atoms with Crippen molar-refractivity contribution in [3.8, 4) is 0 Å². The highest BCUT2D eigenvalue weighted by Crippen LogP contribution is 2.15. The van der Waals surface area contributed by atoms with E-state index in [1.807, 2.05) is 13.0 Å². The number of ether oxygens (including phenoxy) is 1. The van der Waals surface area contributed by atoms with Crippen LogP contribution >= 0.6 is 0 Å². The average Bonchev–Trinajstić information content (AvgIpc) is 3.05. The summed E-state index contributed by atoms with van der Waals surface area (Å²) >= 11 is 0. The first kappa shape index (κ1) is 42.5. The lowest BCUT2D eigenvalue weighted by Crippen LogP contribution is -2.63. The van der Waals surface area contributed by atoms with Gasteiger partial charge in [0.1, 0.15) is 36.3 Å². The van der Waals surface area contributed by atoms with Crippen molar-refractivity contribution in [3.05, 3.63) is 12.2 Å². The maximum Gasteiger partial charge on any atom is 0.329 e.